The summed E-state index contributed by atoms with van der Waals surface area (Å²) in [5.41, 5.74) is 6.21. The predicted molar refractivity (Wildman–Crippen MR) is 121 cm³/mol. The number of methoxy groups -OCH3 is 1. The molecule has 2 aromatic heterocycles. The van der Waals surface area contributed by atoms with Crippen LogP contribution in [-0.2, 0) is 12.8 Å². The number of fused-ring (bicyclic) bond motifs is 3. The Kier molecular flexibility index (Phi) is 5.38. The van der Waals surface area contributed by atoms with Crippen molar-refractivity contribution in [2.45, 2.75) is 25.7 Å². The number of hydrogen-bond acceptors (Lipinski definition) is 3. The summed E-state index contributed by atoms with van der Waals surface area (Å²) in [6.45, 7) is 0. The van der Waals surface area contributed by atoms with E-state index < -0.39 is 0 Å². The number of pyridine rings is 1. The third-order valence-electron chi connectivity index (χ3n) is 5.38. The highest BCUT2D eigenvalue weighted by atomic mass is 35.5. The lowest BCUT2D eigenvalue weighted by molar-refractivity contribution is 0.415. The monoisotopic (exact) mass is 407 g/mol. The average Bonchev–Trinajstić information content (AvgIpc) is 3.12. The number of rotatable bonds is 3. The van der Waals surface area contributed by atoms with Gasteiger partial charge >= 0.3 is 0 Å². The van der Waals surface area contributed by atoms with Crippen molar-refractivity contribution in [3.8, 4) is 28.1 Å². The first-order chi connectivity index (χ1) is 13.3. The standard InChI is InChI=1S/C24H21NOS.ClH/c1-26-18-11-7-10-17(14-18)21-15-20(16-8-3-2-4-9-16)23-19-12-5-6-13-22(19)27-24(23)25-21;/h2-4,7-11,14-15H,5-6,12-13H2,1H3;1H. The van der Waals surface area contributed by atoms with E-state index in [0.717, 1.165) is 17.0 Å². The van der Waals surface area contributed by atoms with E-state index in [4.69, 9.17) is 9.72 Å². The van der Waals surface area contributed by atoms with Crippen molar-refractivity contribution < 1.29 is 4.74 Å². The van der Waals surface area contributed by atoms with Crippen LogP contribution in [0.4, 0.5) is 0 Å². The van der Waals surface area contributed by atoms with Gasteiger partial charge in [0.15, 0.2) is 0 Å². The summed E-state index contributed by atoms with van der Waals surface area (Å²) in [5, 5.41) is 1.37. The SMILES string of the molecule is COc1cccc(-c2cc(-c3ccccc3)c3c4c(sc3n2)CCCC4)c1.Cl. The van der Waals surface area contributed by atoms with Crippen LogP contribution in [0.1, 0.15) is 23.3 Å². The van der Waals surface area contributed by atoms with Crippen LogP contribution in [0.3, 0.4) is 0 Å². The quantitative estimate of drug-likeness (QED) is 0.367. The number of hydrogen-bond donors (Lipinski definition) is 0. The van der Waals surface area contributed by atoms with E-state index >= 15 is 0 Å². The van der Waals surface area contributed by atoms with Crippen molar-refractivity contribution in [2.75, 3.05) is 7.11 Å². The van der Waals surface area contributed by atoms with Gasteiger partial charge in [-0.05, 0) is 60.6 Å². The molecule has 1 aliphatic carbocycles. The van der Waals surface area contributed by atoms with Gasteiger partial charge in [0.25, 0.3) is 0 Å². The van der Waals surface area contributed by atoms with Crippen molar-refractivity contribution >= 4 is 34.0 Å². The van der Waals surface area contributed by atoms with Gasteiger partial charge in [0, 0.05) is 15.8 Å². The molecule has 0 spiro atoms. The molecule has 4 aromatic rings. The molecule has 0 bridgehead atoms. The molecule has 2 nitrogen and oxygen atoms in total. The molecule has 0 saturated heterocycles. The van der Waals surface area contributed by atoms with E-state index in [0.29, 0.717) is 0 Å². The van der Waals surface area contributed by atoms with E-state index in [2.05, 4.69) is 48.5 Å². The van der Waals surface area contributed by atoms with Crippen LogP contribution in [0.2, 0.25) is 0 Å². The molecule has 0 unspecified atom stereocenters. The first-order valence-corrected chi connectivity index (χ1v) is 10.3. The van der Waals surface area contributed by atoms with Crippen LogP contribution in [0.5, 0.6) is 5.75 Å². The summed E-state index contributed by atoms with van der Waals surface area (Å²) in [6.07, 6.45) is 4.95. The van der Waals surface area contributed by atoms with Crippen molar-refractivity contribution in [3.05, 3.63) is 71.1 Å². The van der Waals surface area contributed by atoms with Crippen molar-refractivity contribution in [2.24, 2.45) is 0 Å². The van der Waals surface area contributed by atoms with E-state index in [-0.39, 0.29) is 12.4 Å². The average molecular weight is 408 g/mol. The third-order valence-corrected chi connectivity index (χ3v) is 6.56. The lowest BCUT2D eigenvalue weighted by atomic mass is 9.92. The topological polar surface area (TPSA) is 22.1 Å². The Labute approximate surface area is 175 Å². The molecule has 4 heteroatoms. The largest absolute Gasteiger partial charge is 0.497 e. The Balaban J connectivity index is 0.00000192. The number of ether oxygens (including phenoxy) is 1. The lowest BCUT2D eigenvalue weighted by Gasteiger charge is -2.13. The van der Waals surface area contributed by atoms with Crippen molar-refractivity contribution in [1.29, 1.82) is 0 Å². The first kappa shape index (κ1) is 19.0. The number of thiophene rings is 1. The fourth-order valence-electron chi connectivity index (χ4n) is 4.03. The third kappa shape index (κ3) is 3.30. The maximum atomic E-state index is 5.42. The Morgan fingerprint density at radius 3 is 2.50 bits per heavy atom. The molecule has 1 aliphatic rings. The fraction of sp³-hybridized carbons (Fsp3) is 0.208. The molecule has 0 N–H and O–H groups in total. The van der Waals surface area contributed by atoms with Gasteiger partial charge in [-0.2, -0.15) is 0 Å². The zero-order chi connectivity index (χ0) is 18.2. The molecule has 5 rings (SSSR count). The maximum Gasteiger partial charge on any atom is 0.125 e. The molecule has 0 aliphatic heterocycles. The van der Waals surface area contributed by atoms with Crippen LogP contribution < -0.4 is 4.74 Å². The zero-order valence-corrected chi connectivity index (χ0v) is 17.4. The van der Waals surface area contributed by atoms with Crippen molar-refractivity contribution in [3.63, 3.8) is 0 Å². The Bertz CT molecular complexity index is 1120. The highest BCUT2D eigenvalue weighted by Crippen LogP contribution is 2.42. The van der Waals surface area contributed by atoms with E-state index in [9.17, 15) is 0 Å². The van der Waals surface area contributed by atoms with Gasteiger partial charge < -0.3 is 4.74 Å². The molecule has 142 valence electrons. The normalized spacial score (nSPS) is 13.0. The Hall–Kier alpha value is -2.36. The number of aryl methyl sites for hydroxylation is 2. The predicted octanol–water partition coefficient (Wildman–Crippen LogP) is 6.94. The smallest absolute Gasteiger partial charge is 0.125 e. The zero-order valence-electron chi connectivity index (χ0n) is 15.8. The summed E-state index contributed by atoms with van der Waals surface area (Å²) < 4.78 is 5.42. The second kappa shape index (κ2) is 7.94. The molecular formula is C24H22ClNOS. The lowest BCUT2D eigenvalue weighted by Crippen LogP contribution is -1.99. The number of benzene rings is 2. The minimum absolute atomic E-state index is 0. The second-order valence-corrected chi connectivity index (χ2v) is 8.13. The fourth-order valence-corrected chi connectivity index (χ4v) is 5.32. The number of nitrogens with zero attached hydrogens (tertiary/aromatic N) is 1. The van der Waals surface area contributed by atoms with Gasteiger partial charge in [-0.1, -0.05) is 42.5 Å². The molecule has 0 fully saturated rings. The highest BCUT2D eigenvalue weighted by Gasteiger charge is 2.21. The van der Waals surface area contributed by atoms with Crippen LogP contribution >= 0.6 is 23.7 Å². The van der Waals surface area contributed by atoms with Gasteiger partial charge in [0.05, 0.1) is 12.8 Å². The summed E-state index contributed by atoms with van der Waals surface area (Å²) >= 11 is 1.88. The molecule has 0 saturated carbocycles. The van der Waals surface area contributed by atoms with Crippen LogP contribution in [0.15, 0.2) is 60.7 Å². The summed E-state index contributed by atoms with van der Waals surface area (Å²) in [5.74, 6) is 0.862. The minimum Gasteiger partial charge on any atom is -0.497 e. The van der Waals surface area contributed by atoms with Gasteiger partial charge in [-0.25, -0.2) is 4.98 Å². The number of halogens is 1. The summed E-state index contributed by atoms with van der Waals surface area (Å²) in [4.78, 5) is 7.77. The van der Waals surface area contributed by atoms with E-state index in [1.165, 1.54) is 57.5 Å². The first-order valence-electron chi connectivity index (χ1n) is 9.48. The van der Waals surface area contributed by atoms with Gasteiger partial charge in [-0.15, -0.1) is 23.7 Å². The summed E-state index contributed by atoms with van der Waals surface area (Å²) in [7, 11) is 1.71. The molecular weight excluding hydrogens is 386 g/mol. The van der Waals surface area contributed by atoms with Gasteiger partial charge in [-0.3, -0.25) is 0 Å². The van der Waals surface area contributed by atoms with Crippen LogP contribution in [-0.4, -0.2) is 12.1 Å². The maximum absolute atomic E-state index is 5.42. The molecule has 0 atom stereocenters. The molecule has 28 heavy (non-hydrogen) atoms. The van der Waals surface area contributed by atoms with Crippen LogP contribution in [0, 0.1) is 0 Å². The van der Waals surface area contributed by atoms with Gasteiger partial charge in [0.2, 0.25) is 0 Å². The van der Waals surface area contributed by atoms with E-state index in [1.54, 1.807) is 7.11 Å². The van der Waals surface area contributed by atoms with Crippen LogP contribution in [0.25, 0.3) is 32.6 Å². The Morgan fingerprint density at radius 1 is 0.893 bits per heavy atom. The molecule has 2 heterocycles. The second-order valence-electron chi connectivity index (χ2n) is 7.04. The van der Waals surface area contributed by atoms with E-state index in [1.807, 2.05) is 23.5 Å². The molecule has 0 radical (unpaired) electrons. The minimum atomic E-state index is 0. The molecule has 2 aromatic carbocycles. The number of aromatic nitrogens is 1. The van der Waals surface area contributed by atoms with Gasteiger partial charge in [0.1, 0.15) is 10.6 Å². The Morgan fingerprint density at radius 2 is 1.68 bits per heavy atom. The molecule has 0 amide bonds. The summed E-state index contributed by atoms with van der Waals surface area (Å²) in [6, 6.07) is 21.2. The van der Waals surface area contributed by atoms with Crippen molar-refractivity contribution in [1.82, 2.24) is 4.98 Å². The highest BCUT2D eigenvalue weighted by molar-refractivity contribution is 7.19.